The zero-order chi connectivity index (χ0) is 23.2. The molecule has 2 aromatic rings. The Bertz CT molecular complexity index is 966. The van der Waals surface area contributed by atoms with Crippen molar-refractivity contribution in [2.75, 3.05) is 46.5 Å². The molecule has 4 rings (SSSR count). The minimum atomic E-state index is -0.289. The second-order valence-corrected chi connectivity index (χ2v) is 8.15. The highest BCUT2D eigenvalue weighted by Crippen LogP contribution is 2.24. The molecule has 0 saturated carbocycles. The minimum absolute atomic E-state index is 0.0278. The highest BCUT2D eigenvalue weighted by Gasteiger charge is 2.34. The number of nitrogens with zero attached hydrogens (tertiary/aromatic N) is 2. The number of amides is 3. The molecule has 1 saturated heterocycles. The fraction of sp³-hybridized carbons (Fsp3) is 0.400. The van der Waals surface area contributed by atoms with E-state index in [0.29, 0.717) is 37.3 Å². The van der Waals surface area contributed by atoms with E-state index in [1.807, 2.05) is 24.3 Å². The van der Waals surface area contributed by atoms with Crippen LogP contribution in [-0.4, -0.2) is 74.0 Å². The van der Waals surface area contributed by atoms with Crippen molar-refractivity contribution in [3.05, 3.63) is 65.2 Å². The second kappa shape index (κ2) is 10.6. The van der Waals surface area contributed by atoms with Gasteiger partial charge in [-0.1, -0.05) is 24.3 Å². The van der Waals surface area contributed by atoms with E-state index in [-0.39, 0.29) is 36.7 Å². The number of fused-ring (bicyclic) bond motifs is 1. The summed E-state index contributed by atoms with van der Waals surface area (Å²) in [7, 11) is 1.64. The van der Waals surface area contributed by atoms with Crippen LogP contribution in [0.15, 0.2) is 48.5 Å². The van der Waals surface area contributed by atoms with Gasteiger partial charge < -0.3 is 14.8 Å². The van der Waals surface area contributed by atoms with E-state index in [9.17, 15) is 14.4 Å². The lowest BCUT2D eigenvalue weighted by Gasteiger charge is -2.35. The first-order chi connectivity index (χ1) is 16.1. The van der Waals surface area contributed by atoms with Gasteiger partial charge in [-0.25, -0.2) is 0 Å². The van der Waals surface area contributed by atoms with Gasteiger partial charge in [-0.05, 0) is 36.2 Å². The largest absolute Gasteiger partial charge is 0.497 e. The van der Waals surface area contributed by atoms with Crippen LogP contribution in [-0.2, 0) is 9.53 Å². The second-order valence-electron chi connectivity index (χ2n) is 8.15. The molecule has 2 aromatic carbocycles. The predicted molar refractivity (Wildman–Crippen MR) is 122 cm³/mol. The number of morpholine rings is 1. The number of imide groups is 1. The van der Waals surface area contributed by atoms with E-state index in [2.05, 4.69) is 10.2 Å². The summed E-state index contributed by atoms with van der Waals surface area (Å²) in [5.41, 5.74) is 1.96. The number of ether oxygens (including phenoxy) is 2. The maximum absolute atomic E-state index is 12.6. The molecule has 0 aliphatic carbocycles. The van der Waals surface area contributed by atoms with Gasteiger partial charge in [0.1, 0.15) is 5.75 Å². The van der Waals surface area contributed by atoms with Gasteiger partial charge in [0.25, 0.3) is 11.8 Å². The molecule has 1 unspecified atom stereocenters. The first-order valence-corrected chi connectivity index (χ1v) is 11.3. The van der Waals surface area contributed by atoms with Gasteiger partial charge in [-0.2, -0.15) is 0 Å². The summed E-state index contributed by atoms with van der Waals surface area (Å²) in [6.07, 6.45) is 0.661. The van der Waals surface area contributed by atoms with Crippen molar-refractivity contribution in [1.82, 2.24) is 15.1 Å². The summed E-state index contributed by atoms with van der Waals surface area (Å²) in [6.45, 7) is 3.63. The number of hydrogen-bond donors (Lipinski definition) is 1. The van der Waals surface area contributed by atoms with E-state index in [1.165, 1.54) is 4.90 Å². The van der Waals surface area contributed by atoms with Gasteiger partial charge in [0.05, 0.1) is 37.5 Å². The zero-order valence-electron chi connectivity index (χ0n) is 18.8. The molecule has 8 heteroatoms. The van der Waals surface area contributed by atoms with E-state index < -0.39 is 0 Å². The summed E-state index contributed by atoms with van der Waals surface area (Å²) >= 11 is 0. The molecule has 2 aliphatic heterocycles. The lowest BCUT2D eigenvalue weighted by molar-refractivity contribution is -0.121. The molecule has 0 spiro atoms. The molecule has 2 heterocycles. The maximum Gasteiger partial charge on any atom is 0.261 e. The Balaban J connectivity index is 1.30. The number of nitrogens with one attached hydrogen (secondary N) is 1. The maximum atomic E-state index is 12.6. The smallest absolute Gasteiger partial charge is 0.261 e. The van der Waals surface area contributed by atoms with Crippen LogP contribution in [0.3, 0.4) is 0 Å². The summed E-state index contributed by atoms with van der Waals surface area (Å²) in [4.78, 5) is 41.0. The minimum Gasteiger partial charge on any atom is -0.497 e. The third kappa shape index (κ3) is 5.23. The van der Waals surface area contributed by atoms with E-state index in [0.717, 1.165) is 24.4 Å². The molecule has 8 nitrogen and oxygen atoms in total. The highest BCUT2D eigenvalue weighted by molar-refractivity contribution is 6.21. The molecular formula is C25H29N3O5. The number of methoxy groups -OCH3 is 1. The Morgan fingerprint density at radius 3 is 2.27 bits per heavy atom. The monoisotopic (exact) mass is 451 g/mol. The number of benzene rings is 2. The molecule has 0 bridgehead atoms. The van der Waals surface area contributed by atoms with Gasteiger partial charge in [0, 0.05) is 32.6 Å². The Morgan fingerprint density at radius 2 is 1.67 bits per heavy atom. The third-order valence-electron chi connectivity index (χ3n) is 6.14. The predicted octanol–water partition coefficient (Wildman–Crippen LogP) is 2.26. The molecule has 0 aromatic heterocycles. The average molecular weight is 452 g/mol. The summed E-state index contributed by atoms with van der Waals surface area (Å²) in [6, 6.07) is 14.7. The van der Waals surface area contributed by atoms with E-state index in [1.54, 1.807) is 31.4 Å². The number of carbonyl (C=O) groups is 3. The van der Waals surface area contributed by atoms with Gasteiger partial charge in [-0.15, -0.1) is 0 Å². The van der Waals surface area contributed by atoms with Crippen molar-refractivity contribution < 1.29 is 23.9 Å². The fourth-order valence-corrected chi connectivity index (χ4v) is 4.31. The van der Waals surface area contributed by atoms with Gasteiger partial charge in [-0.3, -0.25) is 24.2 Å². The van der Waals surface area contributed by atoms with Crippen LogP contribution in [0.1, 0.15) is 45.2 Å². The SMILES string of the molecule is COc1ccc(C(CNC(=O)CCCN2C(=O)c3ccccc3C2=O)N2CCOCC2)cc1. The van der Waals surface area contributed by atoms with Crippen LogP contribution in [0.25, 0.3) is 0 Å². The molecule has 33 heavy (non-hydrogen) atoms. The highest BCUT2D eigenvalue weighted by atomic mass is 16.5. The Kier molecular flexibility index (Phi) is 7.36. The topological polar surface area (TPSA) is 88.2 Å². The fourth-order valence-electron chi connectivity index (χ4n) is 4.31. The van der Waals surface area contributed by atoms with Crippen LogP contribution in [0.2, 0.25) is 0 Å². The van der Waals surface area contributed by atoms with Crippen LogP contribution in [0.5, 0.6) is 5.75 Å². The van der Waals surface area contributed by atoms with Gasteiger partial charge in [0.15, 0.2) is 0 Å². The van der Waals surface area contributed by atoms with Crippen molar-refractivity contribution in [3.8, 4) is 5.75 Å². The lowest BCUT2D eigenvalue weighted by atomic mass is 10.0. The molecule has 1 fully saturated rings. The van der Waals surface area contributed by atoms with E-state index in [4.69, 9.17) is 9.47 Å². The molecule has 1 N–H and O–H groups in total. The molecule has 1 atom stereocenters. The molecule has 174 valence electrons. The normalized spacial score (nSPS) is 17.1. The Labute approximate surface area is 193 Å². The number of rotatable bonds is 9. The van der Waals surface area contributed by atoms with Gasteiger partial charge in [0.2, 0.25) is 5.91 Å². The van der Waals surface area contributed by atoms with Crippen molar-refractivity contribution in [3.63, 3.8) is 0 Å². The van der Waals surface area contributed by atoms with Gasteiger partial charge >= 0.3 is 0 Å². The Hall–Kier alpha value is -3.23. The van der Waals surface area contributed by atoms with Crippen LogP contribution in [0.4, 0.5) is 0 Å². The zero-order valence-corrected chi connectivity index (χ0v) is 18.8. The van der Waals surface area contributed by atoms with E-state index >= 15 is 0 Å². The van der Waals surface area contributed by atoms with Crippen LogP contribution >= 0.6 is 0 Å². The van der Waals surface area contributed by atoms with Crippen LogP contribution < -0.4 is 10.1 Å². The quantitative estimate of drug-likeness (QED) is 0.589. The molecular weight excluding hydrogens is 422 g/mol. The van der Waals surface area contributed by atoms with Crippen molar-refractivity contribution in [2.45, 2.75) is 18.9 Å². The number of hydrogen-bond acceptors (Lipinski definition) is 6. The van der Waals surface area contributed by atoms with Crippen molar-refractivity contribution >= 4 is 17.7 Å². The number of carbonyl (C=O) groups excluding carboxylic acids is 3. The summed E-state index contributed by atoms with van der Waals surface area (Å²) < 4.78 is 10.7. The summed E-state index contributed by atoms with van der Waals surface area (Å²) in [5.74, 6) is 0.112. The third-order valence-corrected chi connectivity index (χ3v) is 6.14. The lowest BCUT2D eigenvalue weighted by Crippen LogP contribution is -2.43. The van der Waals surface area contributed by atoms with Crippen molar-refractivity contribution in [1.29, 1.82) is 0 Å². The molecule has 3 amide bonds. The Morgan fingerprint density at radius 1 is 1.03 bits per heavy atom. The standard InChI is InChI=1S/C25H29N3O5/c1-32-19-10-8-18(9-11-19)22(27-13-15-33-16-14-27)17-26-23(29)7-4-12-28-24(30)20-5-2-3-6-21(20)25(28)31/h2-3,5-6,8-11,22H,4,7,12-17H2,1H3,(H,26,29). The van der Waals surface area contributed by atoms with Crippen molar-refractivity contribution in [2.24, 2.45) is 0 Å². The first-order valence-electron chi connectivity index (χ1n) is 11.3. The first kappa shape index (κ1) is 22.9. The molecule has 0 radical (unpaired) electrons. The summed E-state index contributed by atoms with van der Waals surface area (Å²) in [5, 5.41) is 3.03. The van der Waals surface area contributed by atoms with Crippen LogP contribution in [0, 0.1) is 0 Å². The molecule has 2 aliphatic rings. The average Bonchev–Trinajstić information content (AvgIpc) is 3.10.